The molecule has 0 aliphatic rings. The Kier molecular flexibility index (Phi) is 12.8. The SMILES string of the molecule is CSCC[C@H](N)C(=O)N[C@H](C(=O)N[C@@H](Cc1ccc(O)cc1)C(=O)N[C@@H](CS)C(=O)O)C(C)C. The van der Waals surface area contributed by atoms with Crippen molar-refractivity contribution in [1.29, 1.82) is 0 Å². The average Bonchev–Trinajstić information content (AvgIpc) is 2.79. The summed E-state index contributed by atoms with van der Waals surface area (Å²) in [5.41, 5.74) is 6.53. The first-order chi connectivity index (χ1) is 16.0. The number of aliphatic carboxylic acids is 1. The van der Waals surface area contributed by atoms with Crippen LogP contribution in [0.3, 0.4) is 0 Å². The molecule has 1 rings (SSSR count). The van der Waals surface area contributed by atoms with Gasteiger partial charge in [0.2, 0.25) is 17.7 Å². The van der Waals surface area contributed by atoms with E-state index in [2.05, 4.69) is 28.6 Å². The van der Waals surface area contributed by atoms with Crippen molar-refractivity contribution in [2.75, 3.05) is 17.8 Å². The summed E-state index contributed by atoms with van der Waals surface area (Å²) in [5, 5.41) is 26.4. The zero-order chi connectivity index (χ0) is 25.8. The van der Waals surface area contributed by atoms with Gasteiger partial charge in [-0.3, -0.25) is 14.4 Å². The summed E-state index contributed by atoms with van der Waals surface area (Å²) in [6, 6.07) is 1.93. The molecule has 0 saturated heterocycles. The maximum absolute atomic E-state index is 13.1. The fraction of sp³-hybridized carbons (Fsp3) is 0.545. The van der Waals surface area contributed by atoms with Crippen molar-refractivity contribution in [2.45, 2.75) is 50.9 Å². The first-order valence-electron chi connectivity index (χ1n) is 10.8. The van der Waals surface area contributed by atoms with Gasteiger partial charge < -0.3 is 31.9 Å². The van der Waals surface area contributed by atoms with Crippen molar-refractivity contribution in [3.8, 4) is 5.75 Å². The van der Waals surface area contributed by atoms with Gasteiger partial charge in [0.05, 0.1) is 6.04 Å². The Morgan fingerprint density at radius 1 is 1.00 bits per heavy atom. The molecular weight excluding hydrogens is 480 g/mol. The molecule has 0 radical (unpaired) electrons. The van der Waals surface area contributed by atoms with Crippen molar-refractivity contribution in [2.24, 2.45) is 11.7 Å². The topological polar surface area (TPSA) is 171 Å². The maximum atomic E-state index is 13.1. The molecule has 7 N–H and O–H groups in total. The highest BCUT2D eigenvalue weighted by Gasteiger charge is 2.31. The molecule has 3 amide bonds. The van der Waals surface area contributed by atoms with Crippen LogP contribution in [0.15, 0.2) is 24.3 Å². The highest BCUT2D eigenvalue weighted by atomic mass is 32.2. The van der Waals surface area contributed by atoms with Gasteiger partial charge in [0.1, 0.15) is 23.9 Å². The van der Waals surface area contributed by atoms with Gasteiger partial charge in [-0.2, -0.15) is 24.4 Å². The van der Waals surface area contributed by atoms with Crippen molar-refractivity contribution in [3.05, 3.63) is 29.8 Å². The van der Waals surface area contributed by atoms with E-state index >= 15 is 0 Å². The Morgan fingerprint density at radius 2 is 1.59 bits per heavy atom. The van der Waals surface area contributed by atoms with Crippen LogP contribution in [0.2, 0.25) is 0 Å². The summed E-state index contributed by atoms with van der Waals surface area (Å²) in [7, 11) is 0. The average molecular weight is 515 g/mol. The van der Waals surface area contributed by atoms with Crippen LogP contribution >= 0.6 is 24.4 Å². The highest BCUT2D eigenvalue weighted by molar-refractivity contribution is 7.98. The largest absolute Gasteiger partial charge is 0.508 e. The Labute approximate surface area is 209 Å². The summed E-state index contributed by atoms with van der Waals surface area (Å²) in [5.74, 6) is -2.76. The van der Waals surface area contributed by atoms with Crippen molar-refractivity contribution >= 4 is 48.1 Å². The summed E-state index contributed by atoms with van der Waals surface area (Å²) in [6.07, 6.45) is 2.38. The minimum Gasteiger partial charge on any atom is -0.508 e. The molecule has 0 aliphatic carbocycles. The Hall–Kier alpha value is -2.44. The van der Waals surface area contributed by atoms with Gasteiger partial charge in [-0.1, -0.05) is 26.0 Å². The van der Waals surface area contributed by atoms with Gasteiger partial charge >= 0.3 is 5.97 Å². The molecule has 12 heteroatoms. The monoisotopic (exact) mass is 514 g/mol. The number of aromatic hydroxyl groups is 1. The molecule has 0 aromatic heterocycles. The highest BCUT2D eigenvalue weighted by Crippen LogP contribution is 2.12. The zero-order valence-corrected chi connectivity index (χ0v) is 21.2. The van der Waals surface area contributed by atoms with Crippen LogP contribution in [0.4, 0.5) is 0 Å². The number of phenolic OH excluding ortho intramolecular Hbond substituents is 1. The summed E-state index contributed by atoms with van der Waals surface area (Å²) >= 11 is 5.50. The molecule has 34 heavy (non-hydrogen) atoms. The number of carboxylic acid groups (broad SMARTS) is 1. The van der Waals surface area contributed by atoms with Crippen LogP contribution in [0.5, 0.6) is 5.75 Å². The second kappa shape index (κ2) is 14.7. The van der Waals surface area contributed by atoms with Gasteiger partial charge in [0.25, 0.3) is 0 Å². The van der Waals surface area contributed by atoms with E-state index in [1.165, 1.54) is 12.1 Å². The molecule has 1 aromatic carbocycles. The smallest absolute Gasteiger partial charge is 0.327 e. The minimum atomic E-state index is -1.26. The molecule has 0 saturated carbocycles. The van der Waals surface area contributed by atoms with E-state index in [0.29, 0.717) is 17.7 Å². The number of carbonyl (C=O) groups is 4. The van der Waals surface area contributed by atoms with Crippen LogP contribution in [0.25, 0.3) is 0 Å². The first-order valence-corrected chi connectivity index (χ1v) is 12.8. The lowest BCUT2D eigenvalue weighted by Gasteiger charge is -2.27. The Morgan fingerprint density at radius 3 is 2.09 bits per heavy atom. The molecule has 10 nitrogen and oxygen atoms in total. The molecule has 0 unspecified atom stereocenters. The van der Waals surface area contributed by atoms with Gasteiger partial charge in [0.15, 0.2) is 0 Å². The van der Waals surface area contributed by atoms with Crippen LogP contribution in [0.1, 0.15) is 25.8 Å². The fourth-order valence-corrected chi connectivity index (χ4v) is 3.70. The summed E-state index contributed by atoms with van der Waals surface area (Å²) in [4.78, 5) is 49.8. The normalized spacial score (nSPS) is 14.5. The van der Waals surface area contributed by atoms with Gasteiger partial charge in [0, 0.05) is 12.2 Å². The third-order valence-electron chi connectivity index (χ3n) is 5.02. The van der Waals surface area contributed by atoms with Crippen LogP contribution in [-0.4, -0.2) is 75.8 Å². The minimum absolute atomic E-state index is 0.0305. The number of nitrogens with two attached hydrogens (primary N) is 1. The number of nitrogens with one attached hydrogen (secondary N) is 3. The number of carboxylic acids is 1. The predicted molar refractivity (Wildman–Crippen MR) is 135 cm³/mol. The Balaban J connectivity index is 3.05. The number of hydrogen-bond acceptors (Lipinski definition) is 8. The van der Waals surface area contributed by atoms with E-state index in [9.17, 15) is 29.4 Å². The zero-order valence-electron chi connectivity index (χ0n) is 19.5. The molecule has 0 fully saturated rings. The van der Waals surface area contributed by atoms with E-state index in [4.69, 9.17) is 5.73 Å². The molecule has 4 atom stereocenters. The molecule has 0 aliphatic heterocycles. The van der Waals surface area contributed by atoms with Crippen molar-refractivity contribution in [3.63, 3.8) is 0 Å². The third-order valence-corrected chi connectivity index (χ3v) is 6.03. The van der Waals surface area contributed by atoms with Crippen molar-refractivity contribution < 1.29 is 29.4 Å². The van der Waals surface area contributed by atoms with E-state index in [0.717, 1.165) is 0 Å². The van der Waals surface area contributed by atoms with E-state index in [-0.39, 0.29) is 23.8 Å². The first kappa shape index (κ1) is 29.6. The lowest BCUT2D eigenvalue weighted by molar-refractivity contribution is -0.141. The van der Waals surface area contributed by atoms with Gasteiger partial charge in [-0.15, -0.1) is 0 Å². The number of amides is 3. The second-order valence-corrected chi connectivity index (χ2v) is 9.48. The summed E-state index contributed by atoms with van der Waals surface area (Å²) in [6.45, 7) is 3.49. The number of thioether (sulfide) groups is 1. The molecular formula is C22H34N4O6S2. The maximum Gasteiger partial charge on any atom is 0.327 e. The molecule has 0 bridgehead atoms. The predicted octanol–water partition coefficient (Wildman–Crippen LogP) is 0.140. The lowest BCUT2D eigenvalue weighted by Crippen LogP contribution is -2.59. The van der Waals surface area contributed by atoms with Crippen LogP contribution in [0, 0.1) is 5.92 Å². The van der Waals surface area contributed by atoms with Crippen LogP contribution in [-0.2, 0) is 25.6 Å². The van der Waals surface area contributed by atoms with Gasteiger partial charge in [-0.25, -0.2) is 4.79 Å². The Bertz CT molecular complexity index is 837. The van der Waals surface area contributed by atoms with Gasteiger partial charge in [-0.05, 0) is 42.0 Å². The number of phenols is 1. The quantitative estimate of drug-likeness (QED) is 0.172. The molecule has 0 heterocycles. The number of thiol groups is 1. The lowest BCUT2D eigenvalue weighted by atomic mass is 10.00. The van der Waals surface area contributed by atoms with E-state index < -0.39 is 47.9 Å². The molecule has 190 valence electrons. The van der Waals surface area contributed by atoms with Crippen molar-refractivity contribution in [1.82, 2.24) is 16.0 Å². The standard InChI is InChI=1S/C22H34N4O6S2/c1-12(2)18(26-19(28)15(23)8-9-34-3)21(30)24-16(10-13-4-6-14(27)7-5-13)20(29)25-17(11-33)22(31)32/h4-7,12,15-18,27,33H,8-11,23H2,1-3H3,(H,24,30)(H,25,29)(H,26,28)(H,31,32)/t15-,16-,17-,18-/m0/s1. The van der Waals surface area contributed by atoms with Crippen LogP contribution < -0.4 is 21.7 Å². The molecule has 1 aromatic rings. The summed E-state index contributed by atoms with van der Waals surface area (Å²) < 4.78 is 0. The van der Waals surface area contributed by atoms with E-state index in [1.54, 1.807) is 37.7 Å². The van der Waals surface area contributed by atoms with E-state index in [1.807, 2.05) is 6.26 Å². The molecule has 0 spiro atoms. The number of rotatable bonds is 14. The third kappa shape index (κ3) is 9.82. The second-order valence-electron chi connectivity index (χ2n) is 8.13. The number of carbonyl (C=O) groups excluding carboxylic acids is 3. The number of benzene rings is 1. The number of hydrogen-bond donors (Lipinski definition) is 7. The fourth-order valence-electron chi connectivity index (χ4n) is 2.97.